The van der Waals surface area contributed by atoms with Gasteiger partial charge in [-0.15, -0.1) is 20.4 Å². The molecule has 0 atom stereocenters. The molecule has 8 nitrogen and oxygen atoms in total. The number of carbonyl (C=O) groups is 2. The van der Waals surface area contributed by atoms with Crippen LogP contribution in [0.5, 0.6) is 0 Å². The molecule has 0 unspecified atom stereocenters. The van der Waals surface area contributed by atoms with Gasteiger partial charge in [-0.2, -0.15) is 0 Å². The smallest absolute Gasteiger partial charge is 0.236 e. The van der Waals surface area contributed by atoms with Crippen molar-refractivity contribution in [2.75, 3.05) is 16.4 Å². The summed E-state index contributed by atoms with van der Waals surface area (Å²) in [6, 6.07) is 3.37. The van der Waals surface area contributed by atoms with Gasteiger partial charge < -0.3 is 5.32 Å². The lowest BCUT2D eigenvalue weighted by Crippen LogP contribution is -2.18. The van der Waals surface area contributed by atoms with E-state index >= 15 is 0 Å². The minimum Gasteiger partial charge on any atom is -0.309 e. The molecule has 2 N–H and O–H groups in total. The average molecular weight is 366 g/mol. The molecular formula is C14H18N6O2S2. The Balaban J connectivity index is 1.81. The van der Waals surface area contributed by atoms with Crippen molar-refractivity contribution in [2.45, 2.75) is 32.2 Å². The molecule has 2 amide bonds. The zero-order chi connectivity index (χ0) is 17.5. The summed E-state index contributed by atoms with van der Waals surface area (Å²) in [4.78, 5) is 23.4. The van der Waals surface area contributed by atoms with Crippen LogP contribution < -0.4 is 10.6 Å². The fourth-order valence-corrected chi connectivity index (χ4v) is 2.79. The minimum atomic E-state index is -0.183. The van der Waals surface area contributed by atoms with Crippen LogP contribution in [-0.2, 0) is 16.0 Å². The van der Waals surface area contributed by atoms with Crippen molar-refractivity contribution >= 4 is 45.9 Å². The molecular weight excluding hydrogens is 348 g/mol. The number of thioether (sulfide) groups is 1. The molecule has 0 saturated carbocycles. The third kappa shape index (κ3) is 5.53. The molecule has 0 saturated heterocycles. The Morgan fingerprint density at radius 1 is 1.17 bits per heavy atom. The first kappa shape index (κ1) is 18.3. The van der Waals surface area contributed by atoms with Crippen LogP contribution in [0.3, 0.4) is 0 Å². The first-order valence-corrected chi connectivity index (χ1v) is 9.17. The van der Waals surface area contributed by atoms with E-state index in [9.17, 15) is 9.59 Å². The summed E-state index contributed by atoms with van der Waals surface area (Å²) in [7, 11) is 0. The van der Waals surface area contributed by atoms with Gasteiger partial charge in [-0.25, -0.2) is 0 Å². The number of rotatable bonds is 7. The van der Waals surface area contributed by atoms with Crippen molar-refractivity contribution in [2.24, 2.45) is 5.92 Å². The van der Waals surface area contributed by atoms with E-state index in [4.69, 9.17) is 0 Å². The Labute approximate surface area is 147 Å². The van der Waals surface area contributed by atoms with E-state index in [1.807, 2.05) is 6.92 Å². The number of nitrogens with zero attached hydrogens (tertiary/aromatic N) is 4. The fourth-order valence-electron chi connectivity index (χ4n) is 1.48. The van der Waals surface area contributed by atoms with Crippen LogP contribution in [0.1, 0.15) is 25.8 Å². The Kier molecular flexibility index (Phi) is 6.62. The predicted molar refractivity (Wildman–Crippen MR) is 94.1 cm³/mol. The van der Waals surface area contributed by atoms with E-state index in [2.05, 4.69) is 31.0 Å². The molecule has 2 aromatic heterocycles. The normalized spacial score (nSPS) is 10.7. The van der Waals surface area contributed by atoms with Gasteiger partial charge in [0, 0.05) is 5.92 Å². The lowest BCUT2D eigenvalue weighted by atomic mass is 10.2. The molecule has 2 rings (SSSR count). The lowest BCUT2D eigenvalue weighted by molar-refractivity contribution is -0.119. The van der Waals surface area contributed by atoms with E-state index in [1.54, 1.807) is 26.0 Å². The topological polar surface area (TPSA) is 110 Å². The molecule has 24 heavy (non-hydrogen) atoms. The van der Waals surface area contributed by atoms with Gasteiger partial charge in [0.25, 0.3) is 0 Å². The summed E-state index contributed by atoms with van der Waals surface area (Å²) in [5, 5.41) is 23.1. The second kappa shape index (κ2) is 8.69. The van der Waals surface area contributed by atoms with Crippen LogP contribution in [0.15, 0.2) is 17.2 Å². The zero-order valence-electron chi connectivity index (χ0n) is 13.6. The van der Waals surface area contributed by atoms with Crippen molar-refractivity contribution in [1.29, 1.82) is 0 Å². The Bertz CT molecular complexity index is 702. The summed E-state index contributed by atoms with van der Waals surface area (Å²) >= 11 is 2.61. The van der Waals surface area contributed by atoms with Gasteiger partial charge in [0.2, 0.25) is 16.9 Å². The standard InChI is InChI=1S/C14H18N6O2S2/c1-4-11-18-20-14(24-11)16-10(21)7-23-12-6-5-9(17-19-12)15-13(22)8(2)3/h5-6,8H,4,7H2,1-3H3,(H,15,17,22)(H,16,20,21). The second-order valence-corrected chi connectivity index (χ2v) is 7.15. The molecule has 10 heteroatoms. The molecule has 0 aromatic carbocycles. The van der Waals surface area contributed by atoms with E-state index in [-0.39, 0.29) is 23.5 Å². The Morgan fingerprint density at radius 2 is 1.96 bits per heavy atom. The fraction of sp³-hybridized carbons (Fsp3) is 0.429. The number of amides is 2. The quantitative estimate of drug-likeness (QED) is 0.723. The van der Waals surface area contributed by atoms with Crippen molar-refractivity contribution in [3.63, 3.8) is 0 Å². The molecule has 0 spiro atoms. The maximum Gasteiger partial charge on any atom is 0.236 e. The van der Waals surface area contributed by atoms with Gasteiger partial charge in [0.1, 0.15) is 10.0 Å². The monoisotopic (exact) mass is 366 g/mol. The van der Waals surface area contributed by atoms with E-state index < -0.39 is 0 Å². The van der Waals surface area contributed by atoms with Gasteiger partial charge in [-0.3, -0.25) is 14.9 Å². The highest BCUT2D eigenvalue weighted by Crippen LogP contribution is 2.18. The molecule has 0 bridgehead atoms. The molecule has 2 heterocycles. The van der Waals surface area contributed by atoms with Crippen molar-refractivity contribution in [3.8, 4) is 0 Å². The van der Waals surface area contributed by atoms with Crippen LogP contribution in [-0.4, -0.2) is 38.0 Å². The van der Waals surface area contributed by atoms with Crippen LogP contribution in [0.4, 0.5) is 10.9 Å². The summed E-state index contributed by atoms with van der Waals surface area (Å²) in [6.45, 7) is 5.58. The van der Waals surface area contributed by atoms with Gasteiger partial charge >= 0.3 is 0 Å². The molecule has 0 aliphatic carbocycles. The van der Waals surface area contributed by atoms with Crippen molar-refractivity contribution in [1.82, 2.24) is 20.4 Å². The van der Waals surface area contributed by atoms with Crippen LogP contribution in [0.25, 0.3) is 0 Å². The maximum absolute atomic E-state index is 11.9. The number of nitrogens with one attached hydrogen (secondary N) is 2. The largest absolute Gasteiger partial charge is 0.309 e. The molecule has 128 valence electrons. The lowest BCUT2D eigenvalue weighted by Gasteiger charge is -2.06. The third-order valence-electron chi connectivity index (χ3n) is 2.78. The van der Waals surface area contributed by atoms with E-state index in [0.717, 1.165) is 11.4 Å². The number of hydrogen-bond donors (Lipinski definition) is 2. The molecule has 2 aromatic rings. The number of hydrogen-bond acceptors (Lipinski definition) is 8. The predicted octanol–water partition coefficient (Wildman–Crippen LogP) is 2.22. The summed E-state index contributed by atoms with van der Waals surface area (Å²) < 4.78 is 0. The Hall–Kier alpha value is -2.07. The van der Waals surface area contributed by atoms with Crippen molar-refractivity contribution in [3.05, 3.63) is 17.1 Å². The highest BCUT2D eigenvalue weighted by molar-refractivity contribution is 7.99. The molecule has 0 fully saturated rings. The SMILES string of the molecule is CCc1nnc(NC(=O)CSc2ccc(NC(=O)C(C)C)nn2)s1. The van der Waals surface area contributed by atoms with E-state index in [1.165, 1.54) is 23.1 Å². The average Bonchev–Trinajstić information content (AvgIpc) is 3.01. The second-order valence-electron chi connectivity index (χ2n) is 5.09. The molecule has 0 radical (unpaired) electrons. The number of carbonyl (C=O) groups excluding carboxylic acids is 2. The molecule has 0 aliphatic heterocycles. The molecule has 0 aliphatic rings. The van der Waals surface area contributed by atoms with Gasteiger partial charge in [-0.05, 0) is 18.6 Å². The van der Waals surface area contributed by atoms with Gasteiger partial charge in [0.15, 0.2) is 5.82 Å². The number of anilines is 2. The summed E-state index contributed by atoms with van der Waals surface area (Å²) in [5.41, 5.74) is 0. The summed E-state index contributed by atoms with van der Waals surface area (Å²) in [6.07, 6.45) is 0.789. The van der Waals surface area contributed by atoms with Crippen LogP contribution in [0, 0.1) is 5.92 Å². The Morgan fingerprint density at radius 3 is 2.54 bits per heavy atom. The van der Waals surface area contributed by atoms with E-state index in [0.29, 0.717) is 16.0 Å². The first-order chi connectivity index (χ1) is 11.5. The maximum atomic E-state index is 11.9. The van der Waals surface area contributed by atoms with Crippen LogP contribution >= 0.6 is 23.1 Å². The number of aromatic nitrogens is 4. The zero-order valence-corrected chi connectivity index (χ0v) is 15.2. The summed E-state index contributed by atoms with van der Waals surface area (Å²) in [5.74, 6) is 0.153. The number of aryl methyl sites for hydroxylation is 1. The van der Waals surface area contributed by atoms with Crippen LogP contribution in [0.2, 0.25) is 0 Å². The highest BCUT2D eigenvalue weighted by Gasteiger charge is 2.10. The first-order valence-electron chi connectivity index (χ1n) is 7.37. The third-order valence-corrected chi connectivity index (χ3v) is 4.69. The van der Waals surface area contributed by atoms with Gasteiger partial charge in [-0.1, -0.05) is 43.9 Å². The van der Waals surface area contributed by atoms with Crippen molar-refractivity contribution < 1.29 is 9.59 Å². The van der Waals surface area contributed by atoms with Gasteiger partial charge in [0.05, 0.1) is 5.75 Å². The minimum absolute atomic E-state index is 0.118. The highest BCUT2D eigenvalue weighted by atomic mass is 32.2.